The molecule has 1 N–H and O–H groups in total. The minimum absolute atomic E-state index is 0.365. The summed E-state index contributed by atoms with van der Waals surface area (Å²) in [6, 6.07) is 0.631. The highest BCUT2D eigenvalue weighted by atomic mass is 32.2. The molecule has 0 aliphatic carbocycles. The van der Waals surface area contributed by atoms with Gasteiger partial charge in [-0.3, -0.25) is 4.68 Å². The predicted octanol–water partition coefficient (Wildman–Crippen LogP) is 2.37. The Hall–Kier alpha value is -0.680. The lowest BCUT2D eigenvalue weighted by molar-refractivity contribution is 0.0940. The van der Waals surface area contributed by atoms with Crippen LogP contribution in [0.1, 0.15) is 25.7 Å². The molecule has 0 amide bonds. The lowest BCUT2D eigenvalue weighted by Gasteiger charge is -2.22. The first kappa shape index (κ1) is 12.4. The van der Waals surface area contributed by atoms with E-state index in [9.17, 15) is 0 Å². The average molecular weight is 267 g/mol. The van der Waals surface area contributed by atoms with E-state index in [4.69, 9.17) is 4.74 Å². The summed E-state index contributed by atoms with van der Waals surface area (Å²) in [6.45, 7) is 1.80. The lowest BCUT2D eigenvalue weighted by Crippen LogP contribution is -2.24. The third kappa shape index (κ3) is 3.20. The Bertz CT molecular complexity index is 370. The van der Waals surface area contributed by atoms with Gasteiger partial charge in [-0.05, 0) is 37.2 Å². The molecule has 18 heavy (non-hydrogen) atoms. The normalized spacial score (nSPS) is 25.4. The largest absolute Gasteiger partial charge is 0.380 e. The zero-order valence-corrected chi connectivity index (χ0v) is 11.5. The second-order valence-corrected chi connectivity index (χ2v) is 6.34. The lowest BCUT2D eigenvalue weighted by atomic mass is 10.1. The van der Waals surface area contributed by atoms with Gasteiger partial charge >= 0.3 is 0 Å². The summed E-state index contributed by atoms with van der Waals surface area (Å²) in [7, 11) is 0. The number of thioether (sulfide) groups is 1. The summed E-state index contributed by atoms with van der Waals surface area (Å²) in [4.78, 5) is 0. The number of ether oxygens (including phenoxy) is 1. The van der Waals surface area contributed by atoms with Crippen LogP contribution in [-0.4, -0.2) is 40.0 Å². The molecule has 5 heteroatoms. The van der Waals surface area contributed by atoms with Gasteiger partial charge in [0.25, 0.3) is 0 Å². The molecule has 0 spiro atoms. The fourth-order valence-electron chi connectivity index (χ4n) is 2.61. The summed E-state index contributed by atoms with van der Waals surface area (Å²) in [5, 5.41) is 8.00. The van der Waals surface area contributed by atoms with Crippen LogP contribution in [0.4, 0.5) is 5.69 Å². The van der Waals surface area contributed by atoms with Crippen LogP contribution in [0.3, 0.4) is 0 Å². The molecule has 4 nitrogen and oxygen atoms in total. The van der Waals surface area contributed by atoms with Crippen molar-refractivity contribution >= 4 is 17.4 Å². The first-order chi connectivity index (χ1) is 8.90. The number of aromatic nitrogens is 2. The van der Waals surface area contributed by atoms with E-state index in [0.717, 1.165) is 18.8 Å². The van der Waals surface area contributed by atoms with Crippen LogP contribution in [0.15, 0.2) is 12.4 Å². The maximum Gasteiger partial charge on any atom is 0.0771 e. The van der Waals surface area contributed by atoms with Crippen molar-refractivity contribution in [3.05, 3.63) is 12.4 Å². The SMILES string of the molecule is c1nn(CC2CCCO2)cc1NC1CCSCC1. The van der Waals surface area contributed by atoms with Gasteiger partial charge < -0.3 is 10.1 Å². The molecule has 3 heterocycles. The third-order valence-electron chi connectivity index (χ3n) is 3.64. The van der Waals surface area contributed by atoms with Gasteiger partial charge in [0.2, 0.25) is 0 Å². The van der Waals surface area contributed by atoms with Crippen molar-refractivity contribution in [3.63, 3.8) is 0 Å². The number of nitrogens with one attached hydrogen (secondary N) is 1. The summed E-state index contributed by atoms with van der Waals surface area (Å²) >= 11 is 2.06. The van der Waals surface area contributed by atoms with Gasteiger partial charge in [-0.1, -0.05) is 0 Å². The standard InChI is InChI=1S/C13H21N3OS/c1-2-13(17-5-1)10-16-9-12(8-14-16)15-11-3-6-18-7-4-11/h8-9,11,13,15H,1-7,10H2. The monoisotopic (exact) mass is 267 g/mol. The van der Waals surface area contributed by atoms with E-state index in [2.05, 4.69) is 28.4 Å². The molecule has 2 saturated heterocycles. The number of nitrogens with zero attached hydrogens (tertiary/aromatic N) is 2. The van der Waals surface area contributed by atoms with Crippen molar-refractivity contribution in [1.29, 1.82) is 0 Å². The molecule has 1 atom stereocenters. The highest BCUT2D eigenvalue weighted by Gasteiger charge is 2.17. The van der Waals surface area contributed by atoms with Gasteiger partial charge in [-0.25, -0.2) is 0 Å². The Balaban J connectivity index is 1.52. The van der Waals surface area contributed by atoms with Crippen LogP contribution in [0.25, 0.3) is 0 Å². The van der Waals surface area contributed by atoms with Gasteiger partial charge in [0, 0.05) is 18.8 Å². The first-order valence-electron chi connectivity index (χ1n) is 6.88. The maximum absolute atomic E-state index is 5.63. The Labute approximate surface area is 112 Å². The van der Waals surface area contributed by atoms with Crippen LogP contribution < -0.4 is 5.32 Å². The molecule has 1 unspecified atom stereocenters. The van der Waals surface area contributed by atoms with Crippen LogP contribution in [0.5, 0.6) is 0 Å². The Morgan fingerprint density at radius 3 is 3.06 bits per heavy atom. The smallest absolute Gasteiger partial charge is 0.0771 e. The molecule has 0 bridgehead atoms. The molecule has 2 fully saturated rings. The van der Waals surface area contributed by atoms with E-state index in [1.165, 1.54) is 37.2 Å². The molecular weight excluding hydrogens is 246 g/mol. The highest BCUT2D eigenvalue weighted by Crippen LogP contribution is 2.21. The summed E-state index contributed by atoms with van der Waals surface area (Å²) in [6.07, 6.45) is 9.31. The molecule has 2 aliphatic rings. The summed E-state index contributed by atoms with van der Waals surface area (Å²) < 4.78 is 7.64. The molecular formula is C13H21N3OS. The van der Waals surface area contributed by atoms with E-state index in [1.807, 2.05) is 10.9 Å². The predicted molar refractivity (Wildman–Crippen MR) is 75.2 cm³/mol. The highest BCUT2D eigenvalue weighted by molar-refractivity contribution is 7.99. The van der Waals surface area contributed by atoms with Crippen molar-refractivity contribution in [2.45, 2.75) is 44.4 Å². The van der Waals surface area contributed by atoms with Crippen molar-refractivity contribution in [2.75, 3.05) is 23.4 Å². The van der Waals surface area contributed by atoms with Gasteiger partial charge in [-0.2, -0.15) is 16.9 Å². The summed E-state index contributed by atoms with van der Waals surface area (Å²) in [5.74, 6) is 2.56. The van der Waals surface area contributed by atoms with Crippen molar-refractivity contribution in [3.8, 4) is 0 Å². The Morgan fingerprint density at radius 1 is 1.39 bits per heavy atom. The molecule has 0 saturated carbocycles. The quantitative estimate of drug-likeness (QED) is 0.909. The van der Waals surface area contributed by atoms with E-state index >= 15 is 0 Å². The van der Waals surface area contributed by atoms with Crippen LogP contribution in [0.2, 0.25) is 0 Å². The van der Waals surface area contributed by atoms with Gasteiger partial charge in [-0.15, -0.1) is 0 Å². The van der Waals surface area contributed by atoms with Gasteiger partial charge in [0.1, 0.15) is 0 Å². The number of rotatable bonds is 4. The average Bonchev–Trinajstić information content (AvgIpc) is 3.03. The van der Waals surface area contributed by atoms with Gasteiger partial charge in [0.15, 0.2) is 0 Å². The fourth-order valence-corrected chi connectivity index (χ4v) is 3.72. The Kier molecular flexibility index (Phi) is 4.10. The zero-order chi connectivity index (χ0) is 12.2. The van der Waals surface area contributed by atoms with Crippen LogP contribution in [0, 0.1) is 0 Å². The van der Waals surface area contributed by atoms with Crippen molar-refractivity contribution in [2.24, 2.45) is 0 Å². The fraction of sp³-hybridized carbons (Fsp3) is 0.769. The molecule has 0 aromatic carbocycles. The van der Waals surface area contributed by atoms with Gasteiger partial charge in [0.05, 0.1) is 24.5 Å². The molecule has 3 rings (SSSR count). The Morgan fingerprint density at radius 2 is 2.28 bits per heavy atom. The maximum atomic E-state index is 5.63. The third-order valence-corrected chi connectivity index (χ3v) is 4.69. The second-order valence-electron chi connectivity index (χ2n) is 5.12. The minimum Gasteiger partial charge on any atom is -0.380 e. The number of hydrogen-bond acceptors (Lipinski definition) is 4. The first-order valence-corrected chi connectivity index (χ1v) is 8.04. The van der Waals surface area contributed by atoms with Crippen LogP contribution in [-0.2, 0) is 11.3 Å². The molecule has 1 aromatic heterocycles. The molecule has 100 valence electrons. The number of anilines is 1. The number of hydrogen-bond donors (Lipinski definition) is 1. The summed E-state index contributed by atoms with van der Waals surface area (Å²) in [5.41, 5.74) is 1.16. The second kappa shape index (κ2) is 5.97. The van der Waals surface area contributed by atoms with Crippen LogP contribution >= 0.6 is 11.8 Å². The van der Waals surface area contributed by atoms with E-state index in [0.29, 0.717) is 12.1 Å². The van der Waals surface area contributed by atoms with E-state index in [-0.39, 0.29) is 0 Å². The minimum atomic E-state index is 0.365. The van der Waals surface area contributed by atoms with Crippen molar-refractivity contribution < 1.29 is 4.74 Å². The van der Waals surface area contributed by atoms with Crippen molar-refractivity contribution in [1.82, 2.24) is 9.78 Å². The topological polar surface area (TPSA) is 39.1 Å². The molecule has 0 radical (unpaired) electrons. The molecule has 2 aliphatic heterocycles. The van der Waals surface area contributed by atoms with E-state index in [1.54, 1.807) is 0 Å². The molecule has 1 aromatic rings. The zero-order valence-electron chi connectivity index (χ0n) is 10.7. The van der Waals surface area contributed by atoms with E-state index < -0.39 is 0 Å².